The highest BCUT2D eigenvalue weighted by Gasteiger charge is 2.24. The fourth-order valence-electron chi connectivity index (χ4n) is 3.40. The lowest BCUT2D eigenvalue weighted by Gasteiger charge is -2.16. The minimum atomic E-state index is -1.14. The first-order chi connectivity index (χ1) is 12.1. The summed E-state index contributed by atoms with van der Waals surface area (Å²) in [6, 6.07) is 9.27. The van der Waals surface area contributed by atoms with Crippen molar-refractivity contribution in [2.24, 2.45) is 0 Å². The van der Waals surface area contributed by atoms with Gasteiger partial charge in [-0.3, -0.25) is 10.1 Å². The van der Waals surface area contributed by atoms with E-state index in [9.17, 15) is 9.59 Å². The molecule has 2 aromatic heterocycles. The number of fused-ring (bicyclic) bond motifs is 1. The molecule has 0 spiro atoms. The molecular weight excluding hydrogens is 322 g/mol. The van der Waals surface area contributed by atoms with Crippen molar-refractivity contribution in [1.29, 1.82) is 0 Å². The lowest BCUT2D eigenvalue weighted by atomic mass is 10.2. The van der Waals surface area contributed by atoms with Crippen LogP contribution in [0, 0.1) is 0 Å². The van der Waals surface area contributed by atoms with Gasteiger partial charge < -0.3 is 14.1 Å². The number of aromatic nitrogens is 2. The summed E-state index contributed by atoms with van der Waals surface area (Å²) in [5, 5.41) is 11.7. The Kier molecular flexibility index (Phi) is 3.76. The van der Waals surface area contributed by atoms with E-state index in [4.69, 9.17) is 9.52 Å². The van der Waals surface area contributed by atoms with Gasteiger partial charge in [0.25, 0.3) is 5.91 Å². The number of hydrogen-bond donors (Lipinski definition) is 2. The highest BCUT2D eigenvalue weighted by Crippen LogP contribution is 2.35. The van der Waals surface area contributed by atoms with Crippen molar-refractivity contribution in [1.82, 2.24) is 9.55 Å². The van der Waals surface area contributed by atoms with Crippen molar-refractivity contribution in [3.8, 4) is 0 Å². The zero-order chi connectivity index (χ0) is 17.4. The van der Waals surface area contributed by atoms with Crippen LogP contribution in [0.25, 0.3) is 11.0 Å². The average Bonchev–Trinajstić information content (AvgIpc) is 3.33. The molecule has 0 saturated heterocycles. The van der Waals surface area contributed by atoms with E-state index in [2.05, 4.69) is 14.9 Å². The van der Waals surface area contributed by atoms with E-state index in [1.807, 2.05) is 24.3 Å². The van der Waals surface area contributed by atoms with E-state index >= 15 is 0 Å². The van der Waals surface area contributed by atoms with E-state index in [0.717, 1.165) is 43.0 Å². The third-order valence-corrected chi connectivity index (χ3v) is 4.58. The number of carboxylic acid groups (broad SMARTS) is 1. The van der Waals surface area contributed by atoms with Gasteiger partial charge in [-0.05, 0) is 25.0 Å². The summed E-state index contributed by atoms with van der Waals surface area (Å²) in [4.78, 5) is 27.9. The van der Waals surface area contributed by atoms with Crippen molar-refractivity contribution in [3.05, 3.63) is 47.9 Å². The third kappa shape index (κ3) is 2.77. The molecule has 1 aliphatic carbocycles. The van der Waals surface area contributed by atoms with Gasteiger partial charge in [0, 0.05) is 12.1 Å². The number of anilines is 1. The van der Waals surface area contributed by atoms with Crippen LogP contribution in [0.4, 0.5) is 5.95 Å². The SMILES string of the molecule is O=C(O)c1coc(C(=O)Nc2nc3ccccc3n2C2CCCC2)c1. The molecule has 2 N–H and O–H groups in total. The van der Waals surface area contributed by atoms with Crippen molar-refractivity contribution >= 4 is 28.9 Å². The summed E-state index contributed by atoms with van der Waals surface area (Å²) in [7, 11) is 0. The third-order valence-electron chi connectivity index (χ3n) is 4.58. The van der Waals surface area contributed by atoms with E-state index in [0.29, 0.717) is 12.0 Å². The number of para-hydroxylation sites is 2. The maximum absolute atomic E-state index is 12.4. The molecule has 25 heavy (non-hydrogen) atoms. The first-order valence-electron chi connectivity index (χ1n) is 8.23. The predicted octanol–water partition coefficient (Wildman–Crippen LogP) is 3.69. The zero-order valence-electron chi connectivity index (χ0n) is 13.4. The Hall–Kier alpha value is -3.09. The molecule has 7 heteroatoms. The van der Waals surface area contributed by atoms with Crippen molar-refractivity contribution in [3.63, 3.8) is 0 Å². The number of carbonyl (C=O) groups excluding carboxylic acids is 1. The van der Waals surface area contributed by atoms with Crippen LogP contribution in [0.3, 0.4) is 0 Å². The molecule has 2 heterocycles. The van der Waals surface area contributed by atoms with E-state index < -0.39 is 11.9 Å². The van der Waals surface area contributed by atoms with Crippen molar-refractivity contribution in [2.45, 2.75) is 31.7 Å². The van der Waals surface area contributed by atoms with Crippen LogP contribution in [-0.4, -0.2) is 26.5 Å². The van der Waals surface area contributed by atoms with Gasteiger partial charge >= 0.3 is 5.97 Å². The monoisotopic (exact) mass is 339 g/mol. The molecule has 1 fully saturated rings. The second kappa shape index (κ2) is 6.08. The first-order valence-corrected chi connectivity index (χ1v) is 8.23. The maximum Gasteiger partial charge on any atom is 0.338 e. The largest absolute Gasteiger partial charge is 0.478 e. The lowest BCUT2D eigenvalue weighted by Crippen LogP contribution is -2.17. The second-order valence-corrected chi connectivity index (χ2v) is 6.19. The standard InChI is InChI=1S/C18H17N3O4/c22-16(15-9-11(10-25-15)17(23)24)20-18-19-13-7-3-4-8-14(13)21(18)12-5-1-2-6-12/h3-4,7-10,12H,1-2,5-6H2,(H,23,24)(H,19,20,22). The molecule has 7 nitrogen and oxygen atoms in total. The number of nitrogens with zero attached hydrogens (tertiary/aromatic N) is 2. The molecule has 1 saturated carbocycles. The number of imidazole rings is 1. The highest BCUT2D eigenvalue weighted by molar-refractivity contribution is 6.03. The van der Waals surface area contributed by atoms with Gasteiger partial charge in [0.15, 0.2) is 5.76 Å². The Balaban J connectivity index is 1.69. The van der Waals surface area contributed by atoms with Gasteiger partial charge in [-0.25, -0.2) is 9.78 Å². The molecule has 0 bridgehead atoms. The smallest absolute Gasteiger partial charge is 0.338 e. The van der Waals surface area contributed by atoms with Gasteiger partial charge in [0.1, 0.15) is 6.26 Å². The van der Waals surface area contributed by atoms with Crippen LogP contribution in [0.1, 0.15) is 52.6 Å². The predicted molar refractivity (Wildman–Crippen MR) is 90.9 cm³/mol. The van der Waals surface area contributed by atoms with E-state index in [-0.39, 0.29) is 11.3 Å². The second-order valence-electron chi connectivity index (χ2n) is 6.19. The quantitative estimate of drug-likeness (QED) is 0.755. The molecular formula is C18H17N3O4. The van der Waals surface area contributed by atoms with Gasteiger partial charge in [0.2, 0.25) is 5.95 Å². The number of amides is 1. The molecule has 3 aromatic rings. The Bertz CT molecular complexity index is 950. The van der Waals surface area contributed by atoms with E-state index in [1.54, 1.807) is 0 Å². The highest BCUT2D eigenvalue weighted by atomic mass is 16.4. The number of aromatic carboxylic acids is 1. The number of benzene rings is 1. The molecule has 1 aliphatic rings. The summed E-state index contributed by atoms with van der Waals surface area (Å²) in [5.41, 5.74) is 1.74. The number of carboxylic acids is 1. The van der Waals surface area contributed by atoms with Crippen molar-refractivity contribution < 1.29 is 19.1 Å². The van der Waals surface area contributed by atoms with Crippen LogP contribution >= 0.6 is 0 Å². The van der Waals surface area contributed by atoms with Gasteiger partial charge in [0.05, 0.1) is 16.6 Å². The molecule has 1 aromatic carbocycles. The number of furan rings is 1. The van der Waals surface area contributed by atoms with Crippen LogP contribution in [0.2, 0.25) is 0 Å². The molecule has 0 radical (unpaired) electrons. The van der Waals surface area contributed by atoms with E-state index in [1.165, 1.54) is 6.07 Å². The summed E-state index contributed by atoms with van der Waals surface area (Å²) < 4.78 is 7.14. The van der Waals surface area contributed by atoms with Crippen LogP contribution < -0.4 is 5.32 Å². The Labute approximate surface area is 143 Å². The zero-order valence-corrected chi connectivity index (χ0v) is 13.4. The summed E-state index contributed by atoms with van der Waals surface area (Å²) in [6.45, 7) is 0. The van der Waals surface area contributed by atoms with Crippen LogP contribution in [0.5, 0.6) is 0 Å². The molecule has 4 rings (SSSR count). The minimum absolute atomic E-state index is 0.0533. The van der Waals surface area contributed by atoms with Crippen LogP contribution in [-0.2, 0) is 0 Å². The number of hydrogen-bond acceptors (Lipinski definition) is 4. The normalized spacial score (nSPS) is 14.9. The summed E-state index contributed by atoms with van der Waals surface area (Å²) in [6.07, 6.45) is 5.47. The first kappa shape index (κ1) is 15.4. The molecule has 128 valence electrons. The average molecular weight is 339 g/mol. The number of carbonyl (C=O) groups is 2. The Morgan fingerprint density at radius 1 is 1.24 bits per heavy atom. The molecule has 0 atom stereocenters. The van der Waals surface area contributed by atoms with Gasteiger partial charge in [-0.15, -0.1) is 0 Å². The van der Waals surface area contributed by atoms with Crippen LogP contribution in [0.15, 0.2) is 41.0 Å². The Morgan fingerprint density at radius 3 is 2.72 bits per heavy atom. The molecule has 1 amide bonds. The molecule has 0 aliphatic heterocycles. The summed E-state index contributed by atoms with van der Waals surface area (Å²) in [5.74, 6) is -1.24. The fraction of sp³-hybridized carbons (Fsp3) is 0.278. The topological polar surface area (TPSA) is 97.4 Å². The van der Waals surface area contributed by atoms with Gasteiger partial charge in [-0.2, -0.15) is 0 Å². The number of nitrogens with one attached hydrogen (secondary N) is 1. The number of rotatable bonds is 4. The minimum Gasteiger partial charge on any atom is -0.478 e. The lowest BCUT2D eigenvalue weighted by molar-refractivity contribution is 0.0696. The summed E-state index contributed by atoms with van der Waals surface area (Å²) >= 11 is 0. The van der Waals surface area contributed by atoms with Crippen molar-refractivity contribution in [2.75, 3.05) is 5.32 Å². The Morgan fingerprint density at radius 2 is 2.00 bits per heavy atom. The molecule has 0 unspecified atom stereocenters. The fourth-order valence-corrected chi connectivity index (χ4v) is 3.40. The maximum atomic E-state index is 12.4. The van der Waals surface area contributed by atoms with Gasteiger partial charge in [-0.1, -0.05) is 25.0 Å².